The van der Waals surface area contributed by atoms with Crippen LogP contribution in [-0.2, 0) is 13.1 Å². The van der Waals surface area contributed by atoms with E-state index in [9.17, 15) is 0 Å². The van der Waals surface area contributed by atoms with Crippen molar-refractivity contribution in [3.63, 3.8) is 0 Å². The molecule has 0 spiro atoms. The third kappa shape index (κ3) is 5.31. The number of nitrogens with two attached hydrogens (primary N) is 1. The predicted octanol–water partition coefficient (Wildman–Crippen LogP) is 3.04. The van der Waals surface area contributed by atoms with Gasteiger partial charge in [0.25, 0.3) is 0 Å². The van der Waals surface area contributed by atoms with Crippen LogP contribution in [0.25, 0.3) is 11.0 Å². The highest BCUT2D eigenvalue weighted by Gasteiger charge is 2.16. The van der Waals surface area contributed by atoms with Gasteiger partial charge in [-0.25, -0.2) is 4.98 Å². The van der Waals surface area contributed by atoms with Crippen LogP contribution in [0.15, 0.2) is 30.5 Å². The van der Waals surface area contributed by atoms with E-state index in [1.165, 1.54) is 5.56 Å². The molecule has 0 radical (unpaired) electrons. The number of hydrogen-bond acceptors (Lipinski definition) is 7. The molecule has 1 fully saturated rings. The number of fused-ring (bicyclic) bond motifs is 1. The molecule has 32 heavy (non-hydrogen) atoms. The van der Waals surface area contributed by atoms with Crippen molar-refractivity contribution in [2.45, 2.75) is 39.3 Å². The number of methoxy groups -OCH3 is 1. The number of piperazine rings is 1. The summed E-state index contributed by atoms with van der Waals surface area (Å²) in [5, 5.41) is 3.40. The van der Waals surface area contributed by atoms with Crippen molar-refractivity contribution in [2.75, 3.05) is 45.6 Å². The Morgan fingerprint density at radius 1 is 1.09 bits per heavy atom. The molecule has 0 bridgehead atoms. The van der Waals surface area contributed by atoms with E-state index in [0.717, 1.165) is 74.3 Å². The Bertz CT molecular complexity index is 1030. The standard InChI is InChI=1S/C24H34N6O2/c1-3-4-5-14-32-23-22-20(27-24(25)28-23)8-11-30(22)17-19-7-6-18(15-21(19)31-2)16-29-12-9-26-10-13-29/h6-8,11,15,26H,3-5,9-10,12-14,16-17H2,1-2H3,(H2,25,27,28). The molecule has 1 aliphatic rings. The van der Waals surface area contributed by atoms with Gasteiger partial charge >= 0.3 is 0 Å². The number of nitrogens with one attached hydrogen (secondary N) is 1. The maximum Gasteiger partial charge on any atom is 0.243 e. The Morgan fingerprint density at radius 3 is 2.72 bits per heavy atom. The Kier molecular flexibility index (Phi) is 7.44. The second-order valence-corrected chi connectivity index (χ2v) is 8.29. The van der Waals surface area contributed by atoms with Gasteiger partial charge in [0.2, 0.25) is 11.8 Å². The molecule has 172 valence electrons. The van der Waals surface area contributed by atoms with Crippen LogP contribution in [-0.4, -0.2) is 59.3 Å². The minimum absolute atomic E-state index is 0.232. The molecule has 3 aromatic rings. The monoisotopic (exact) mass is 438 g/mol. The molecule has 0 saturated carbocycles. The molecule has 4 rings (SSSR count). The summed E-state index contributed by atoms with van der Waals surface area (Å²) >= 11 is 0. The zero-order chi connectivity index (χ0) is 22.3. The lowest BCUT2D eigenvalue weighted by atomic mass is 10.1. The summed E-state index contributed by atoms with van der Waals surface area (Å²) in [7, 11) is 1.73. The number of ether oxygens (including phenoxy) is 2. The third-order valence-electron chi connectivity index (χ3n) is 5.89. The number of nitrogen functional groups attached to an aromatic ring is 1. The van der Waals surface area contributed by atoms with Gasteiger partial charge in [0, 0.05) is 44.5 Å². The van der Waals surface area contributed by atoms with E-state index in [0.29, 0.717) is 19.0 Å². The molecule has 1 saturated heterocycles. The fourth-order valence-electron chi connectivity index (χ4n) is 4.17. The Morgan fingerprint density at radius 2 is 1.94 bits per heavy atom. The molecule has 0 unspecified atom stereocenters. The number of aromatic nitrogens is 3. The molecule has 2 aromatic heterocycles. The van der Waals surface area contributed by atoms with E-state index in [1.807, 2.05) is 12.3 Å². The maximum atomic E-state index is 6.01. The smallest absolute Gasteiger partial charge is 0.243 e. The lowest BCUT2D eigenvalue weighted by molar-refractivity contribution is 0.233. The van der Waals surface area contributed by atoms with Crippen LogP contribution in [0, 0.1) is 0 Å². The average Bonchev–Trinajstić information content (AvgIpc) is 3.20. The molecule has 3 N–H and O–H groups in total. The molecule has 3 heterocycles. The first-order valence-corrected chi connectivity index (χ1v) is 11.5. The van der Waals surface area contributed by atoms with Crippen molar-refractivity contribution in [3.05, 3.63) is 41.6 Å². The summed E-state index contributed by atoms with van der Waals surface area (Å²) in [6, 6.07) is 8.46. The van der Waals surface area contributed by atoms with Crippen LogP contribution in [0.4, 0.5) is 5.95 Å². The second kappa shape index (κ2) is 10.7. The van der Waals surface area contributed by atoms with Gasteiger partial charge in [-0.05, 0) is 24.1 Å². The van der Waals surface area contributed by atoms with Crippen LogP contribution >= 0.6 is 0 Å². The van der Waals surface area contributed by atoms with Crippen molar-refractivity contribution in [3.8, 4) is 11.6 Å². The molecule has 1 aliphatic heterocycles. The van der Waals surface area contributed by atoms with Crippen LogP contribution in [0.3, 0.4) is 0 Å². The molecule has 8 nitrogen and oxygen atoms in total. The van der Waals surface area contributed by atoms with Crippen molar-refractivity contribution < 1.29 is 9.47 Å². The number of unbranched alkanes of at least 4 members (excludes halogenated alkanes) is 2. The number of rotatable bonds is 10. The van der Waals surface area contributed by atoms with Crippen LogP contribution in [0.1, 0.15) is 37.3 Å². The average molecular weight is 439 g/mol. The topological polar surface area (TPSA) is 90.5 Å². The molecule has 0 amide bonds. The Hall–Kier alpha value is -2.84. The van der Waals surface area contributed by atoms with Gasteiger partial charge in [0.05, 0.1) is 25.8 Å². The zero-order valence-electron chi connectivity index (χ0n) is 19.1. The van der Waals surface area contributed by atoms with E-state index < -0.39 is 0 Å². The van der Waals surface area contributed by atoms with E-state index >= 15 is 0 Å². The lowest BCUT2D eigenvalue weighted by Gasteiger charge is -2.27. The Balaban J connectivity index is 1.55. The van der Waals surface area contributed by atoms with E-state index in [-0.39, 0.29) is 5.95 Å². The van der Waals surface area contributed by atoms with Crippen molar-refractivity contribution in [1.82, 2.24) is 24.8 Å². The number of hydrogen-bond donors (Lipinski definition) is 2. The van der Waals surface area contributed by atoms with Gasteiger partial charge < -0.3 is 25.1 Å². The summed E-state index contributed by atoms with van der Waals surface area (Å²) in [4.78, 5) is 11.2. The van der Waals surface area contributed by atoms with Gasteiger partial charge in [-0.1, -0.05) is 31.9 Å². The highest BCUT2D eigenvalue weighted by atomic mass is 16.5. The van der Waals surface area contributed by atoms with Gasteiger partial charge in [-0.2, -0.15) is 4.98 Å². The normalized spacial score (nSPS) is 14.7. The first-order chi connectivity index (χ1) is 15.7. The molecular weight excluding hydrogens is 404 g/mol. The zero-order valence-corrected chi connectivity index (χ0v) is 19.1. The number of nitrogens with zero attached hydrogens (tertiary/aromatic N) is 4. The third-order valence-corrected chi connectivity index (χ3v) is 5.89. The SMILES string of the molecule is CCCCCOc1nc(N)nc2ccn(Cc3ccc(CN4CCNCC4)cc3OC)c12. The highest BCUT2D eigenvalue weighted by Crippen LogP contribution is 2.28. The highest BCUT2D eigenvalue weighted by molar-refractivity contribution is 5.82. The van der Waals surface area contributed by atoms with Crippen molar-refractivity contribution in [2.24, 2.45) is 0 Å². The second-order valence-electron chi connectivity index (χ2n) is 8.29. The van der Waals surface area contributed by atoms with Gasteiger partial charge in [0.15, 0.2) is 0 Å². The van der Waals surface area contributed by atoms with Crippen LogP contribution in [0.5, 0.6) is 11.6 Å². The summed E-state index contributed by atoms with van der Waals surface area (Å²) in [6.07, 6.45) is 5.27. The lowest BCUT2D eigenvalue weighted by Crippen LogP contribution is -2.42. The number of anilines is 1. The summed E-state index contributed by atoms with van der Waals surface area (Å²) < 4.78 is 13.9. The van der Waals surface area contributed by atoms with Crippen LogP contribution < -0.4 is 20.5 Å². The largest absolute Gasteiger partial charge is 0.496 e. The van der Waals surface area contributed by atoms with Gasteiger partial charge in [-0.15, -0.1) is 0 Å². The van der Waals surface area contributed by atoms with E-state index in [2.05, 4.69) is 49.9 Å². The molecule has 0 atom stereocenters. The van der Waals surface area contributed by atoms with Crippen LogP contribution in [0.2, 0.25) is 0 Å². The summed E-state index contributed by atoms with van der Waals surface area (Å²) in [5.74, 6) is 1.67. The first kappa shape index (κ1) is 22.4. The predicted molar refractivity (Wildman–Crippen MR) is 127 cm³/mol. The first-order valence-electron chi connectivity index (χ1n) is 11.5. The minimum atomic E-state index is 0.232. The Labute approximate surface area is 189 Å². The van der Waals surface area contributed by atoms with Crippen molar-refractivity contribution in [1.29, 1.82) is 0 Å². The minimum Gasteiger partial charge on any atom is -0.496 e. The van der Waals surface area contributed by atoms with Crippen molar-refractivity contribution >= 4 is 17.0 Å². The quantitative estimate of drug-likeness (QED) is 0.470. The van der Waals surface area contributed by atoms with Gasteiger partial charge in [-0.3, -0.25) is 4.90 Å². The maximum absolute atomic E-state index is 6.01. The number of benzene rings is 1. The molecule has 1 aromatic carbocycles. The fraction of sp³-hybridized carbons (Fsp3) is 0.500. The molecular formula is C24H34N6O2. The van der Waals surface area contributed by atoms with E-state index in [1.54, 1.807) is 7.11 Å². The summed E-state index contributed by atoms with van der Waals surface area (Å²) in [6.45, 7) is 8.61. The molecule has 0 aliphatic carbocycles. The fourth-order valence-corrected chi connectivity index (χ4v) is 4.17. The molecule has 8 heteroatoms. The summed E-state index contributed by atoms with van der Waals surface area (Å²) in [5.41, 5.74) is 9.93. The van der Waals surface area contributed by atoms with E-state index in [4.69, 9.17) is 15.2 Å². The van der Waals surface area contributed by atoms with Gasteiger partial charge in [0.1, 0.15) is 11.3 Å².